The van der Waals surface area contributed by atoms with Crippen molar-refractivity contribution in [3.05, 3.63) is 22.5 Å². The van der Waals surface area contributed by atoms with Gasteiger partial charge < -0.3 is 19.2 Å². The Bertz CT molecular complexity index is 514. The Balaban J connectivity index is 2.08. The molecule has 1 unspecified atom stereocenters. The Labute approximate surface area is 117 Å². The number of rotatable bonds is 4. The first-order chi connectivity index (χ1) is 9.54. The molecular formula is C14H19NO5. The number of aromatic amines is 1. The Kier molecular flexibility index (Phi) is 4.44. The molecule has 0 aromatic carbocycles. The highest BCUT2D eigenvalue weighted by Gasteiger charge is 2.24. The predicted octanol–water partition coefficient (Wildman–Crippen LogP) is 1.75. The summed E-state index contributed by atoms with van der Waals surface area (Å²) in [5.41, 5.74) is 1.82. The first kappa shape index (κ1) is 14.6. The van der Waals surface area contributed by atoms with Gasteiger partial charge in [-0.2, -0.15) is 0 Å². The van der Waals surface area contributed by atoms with Crippen LogP contribution in [0.15, 0.2) is 0 Å². The van der Waals surface area contributed by atoms with Crippen molar-refractivity contribution in [3.8, 4) is 0 Å². The summed E-state index contributed by atoms with van der Waals surface area (Å²) in [5.74, 6) is -0.939. The standard InChI is InChI=1S/C14H19NO5/c1-8-11(13(16)18-3)9(2)15-12(8)14(17)20-7-10-5-4-6-19-10/h10,15H,4-7H2,1-3H3. The van der Waals surface area contributed by atoms with Gasteiger partial charge in [0.25, 0.3) is 0 Å². The van der Waals surface area contributed by atoms with Gasteiger partial charge in [0.2, 0.25) is 0 Å². The van der Waals surface area contributed by atoms with Crippen LogP contribution in [0.2, 0.25) is 0 Å². The van der Waals surface area contributed by atoms with E-state index in [-0.39, 0.29) is 12.7 Å². The molecule has 1 aliphatic heterocycles. The van der Waals surface area contributed by atoms with E-state index in [1.807, 2.05) is 0 Å². The molecule has 1 aromatic heterocycles. The second-order valence-corrected chi connectivity index (χ2v) is 4.85. The maximum absolute atomic E-state index is 12.0. The number of hydrogen-bond acceptors (Lipinski definition) is 5. The van der Waals surface area contributed by atoms with Crippen LogP contribution in [0.4, 0.5) is 0 Å². The summed E-state index contributed by atoms with van der Waals surface area (Å²) in [6.45, 7) is 4.37. The van der Waals surface area contributed by atoms with Crippen LogP contribution in [0.25, 0.3) is 0 Å². The third kappa shape index (κ3) is 2.85. The minimum atomic E-state index is -0.476. The van der Waals surface area contributed by atoms with Gasteiger partial charge in [-0.15, -0.1) is 0 Å². The maximum atomic E-state index is 12.0. The summed E-state index contributed by atoms with van der Waals surface area (Å²) in [5, 5.41) is 0. The second kappa shape index (κ2) is 6.09. The van der Waals surface area contributed by atoms with E-state index in [2.05, 4.69) is 4.98 Å². The number of carbonyl (C=O) groups is 2. The molecule has 0 saturated carbocycles. The largest absolute Gasteiger partial charge is 0.465 e. The van der Waals surface area contributed by atoms with Gasteiger partial charge in [-0.05, 0) is 32.3 Å². The molecule has 0 bridgehead atoms. The summed E-state index contributed by atoms with van der Waals surface area (Å²) in [6, 6.07) is 0. The highest BCUT2D eigenvalue weighted by molar-refractivity contribution is 5.98. The number of nitrogens with one attached hydrogen (secondary N) is 1. The van der Waals surface area contributed by atoms with Crippen LogP contribution >= 0.6 is 0 Å². The van der Waals surface area contributed by atoms with Crippen molar-refractivity contribution in [1.29, 1.82) is 0 Å². The lowest BCUT2D eigenvalue weighted by Gasteiger charge is -2.09. The lowest BCUT2D eigenvalue weighted by Crippen LogP contribution is -2.18. The third-order valence-electron chi connectivity index (χ3n) is 3.46. The van der Waals surface area contributed by atoms with Crippen molar-refractivity contribution in [2.45, 2.75) is 32.8 Å². The van der Waals surface area contributed by atoms with Crippen molar-refractivity contribution in [2.75, 3.05) is 20.3 Å². The number of H-pyrrole nitrogens is 1. The molecule has 1 saturated heterocycles. The zero-order valence-corrected chi connectivity index (χ0v) is 11.9. The van der Waals surface area contributed by atoms with Crippen LogP contribution in [0.3, 0.4) is 0 Å². The average Bonchev–Trinajstić information content (AvgIpc) is 3.04. The Morgan fingerprint density at radius 1 is 1.35 bits per heavy atom. The molecule has 0 aliphatic carbocycles. The monoisotopic (exact) mass is 281 g/mol. The molecule has 1 atom stereocenters. The molecule has 110 valence electrons. The molecule has 1 aliphatic rings. The van der Waals surface area contributed by atoms with E-state index in [4.69, 9.17) is 14.2 Å². The quantitative estimate of drug-likeness (QED) is 0.851. The molecule has 1 N–H and O–H groups in total. The molecule has 6 heteroatoms. The summed E-state index contributed by atoms with van der Waals surface area (Å²) < 4.78 is 15.3. The maximum Gasteiger partial charge on any atom is 0.355 e. The highest BCUT2D eigenvalue weighted by atomic mass is 16.6. The van der Waals surface area contributed by atoms with Crippen molar-refractivity contribution in [3.63, 3.8) is 0 Å². The first-order valence-electron chi connectivity index (χ1n) is 6.60. The summed E-state index contributed by atoms with van der Waals surface area (Å²) in [7, 11) is 1.31. The lowest BCUT2D eigenvalue weighted by atomic mass is 10.1. The van der Waals surface area contributed by atoms with Gasteiger partial charge >= 0.3 is 11.9 Å². The fourth-order valence-electron chi connectivity index (χ4n) is 2.38. The number of aromatic nitrogens is 1. The number of methoxy groups -OCH3 is 1. The third-order valence-corrected chi connectivity index (χ3v) is 3.46. The van der Waals surface area contributed by atoms with Crippen molar-refractivity contribution >= 4 is 11.9 Å². The predicted molar refractivity (Wildman–Crippen MR) is 70.9 cm³/mol. The zero-order valence-electron chi connectivity index (χ0n) is 11.9. The zero-order chi connectivity index (χ0) is 14.7. The summed E-state index contributed by atoms with van der Waals surface area (Å²) in [6.07, 6.45) is 1.88. The number of carbonyl (C=O) groups excluding carboxylic acids is 2. The molecule has 1 fully saturated rings. The van der Waals surface area contributed by atoms with Crippen molar-refractivity contribution in [2.24, 2.45) is 0 Å². The molecule has 6 nitrogen and oxygen atoms in total. The number of ether oxygens (including phenoxy) is 3. The Morgan fingerprint density at radius 3 is 2.70 bits per heavy atom. The second-order valence-electron chi connectivity index (χ2n) is 4.85. The number of hydrogen-bond donors (Lipinski definition) is 1. The van der Waals surface area contributed by atoms with Gasteiger partial charge in [-0.25, -0.2) is 9.59 Å². The Morgan fingerprint density at radius 2 is 2.10 bits per heavy atom. The van der Waals surface area contributed by atoms with Crippen LogP contribution in [0, 0.1) is 13.8 Å². The SMILES string of the molecule is COC(=O)c1c(C)[nH]c(C(=O)OCC2CCCO2)c1C. The van der Waals surface area contributed by atoms with Crippen molar-refractivity contribution < 1.29 is 23.8 Å². The van der Waals surface area contributed by atoms with E-state index in [0.29, 0.717) is 22.5 Å². The van der Waals surface area contributed by atoms with E-state index in [1.54, 1.807) is 13.8 Å². The minimum absolute atomic E-state index is 0.0182. The van der Waals surface area contributed by atoms with E-state index < -0.39 is 11.9 Å². The molecule has 2 heterocycles. The van der Waals surface area contributed by atoms with E-state index in [9.17, 15) is 9.59 Å². The molecule has 0 radical (unpaired) electrons. The van der Waals surface area contributed by atoms with Crippen LogP contribution in [-0.4, -0.2) is 43.4 Å². The van der Waals surface area contributed by atoms with Crippen LogP contribution < -0.4 is 0 Å². The van der Waals surface area contributed by atoms with E-state index >= 15 is 0 Å². The average molecular weight is 281 g/mol. The minimum Gasteiger partial charge on any atom is -0.465 e. The van der Waals surface area contributed by atoms with Gasteiger partial charge in [-0.3, -0.25) is 0 Å². The fourth-order valence-corrected chi connectivity index (χ4v) is 2.38. The molecule has 2 rings (SSSR count). The van der Waals surface area contributed by atoms with Gasteiger partial charge in [0.1, 0.15) is 12.3 Å². The van der Waals surface area contributed by atoms with Crippen LogP contribution in [-0.2, 0) is 14.2 Å². The molecule has 20 heavy (non-hydrogen) atoms. The number of esters is 2. The van der Waals surface area contributed by atoms with E-state index in [0.717, 1.165) is 19.4 Å². The summed E-state index contributed by atoms with van der Waals surface area (Å²) >= 11 is 0. The number of aryl methyl sites for hydroxylation is 1. The lowest BCUT2D eigenvalue weighted by molar-refractivity contribution is 0.0156. The van der Waals surface area contributed by atoms with Crippen LogP contribution in [0.5, 0.6) is 0 Å². The normalized spacial score (nSPS) is 18.1. The van der Waals surface area contributed by atoms with Gasteiger partial charge in [0, 0.05) is 12.3 Å². The first-order valence-corrected chi connectivity index (χ1v) is 6.60. The molecule has 1 aromatic rings. The van der Waals surface area contributed by atoms with Crippen LogP contribution in [0.1, 0.15) is 44.9 Å². The molecule has 0 amide bonds. The smallest absolute Gasteiger partial charge is 0.355 e. The molecule has 0 spiro atoms. The topological polar surface area (TPSA) is 77.6 Å². The van der Waals surface area contributed by atoms with E-state index in [1.165, 1.54) is 7.11 Å². The fraction of sp³-hybridized carbons (Fsp3) is 0.571. The van der Waals surface area contributed by atoms with Crippen molar-refractivity contribution in [1.82, 2.24) is 4.98 Å². The Hall–Kier alpha value is -1.82. The summed E-state index contributed by atoms with van der Waals surface area (Å²) in [4.78, 5) is 26.6. The molecular weight excluding hydrogens is 262 g/mol. The van der Waals surface area contributed by atoms with Gasteiger partial charge in [0.05, 0.1) is 18.8 Å². The van der Waals surface area contributed by atoms with Gasteiger partial charge in [0.15, 0.2) is 0 Å². The highest BCUT2D eigenvalue weighted by Crippen LogP contribution is 2.20. The van der Waals surface area contributed by atoms with Gasteiger partial charge in [-0.1, -0.05) is 0 Å².